The average Bonchev–Trinajstić information content (AvgIpc) is 3.26. The highest BCUT2D eigenvalue weighted by molar-refractivity contribution is 7.11. The van der Waals surface area contributed by atoms with E-state index in [4.69, 9.17) is 10.1 Å². The highest BCUT2D eigenvalue weighted by Crippen LogP contribution is 2.37. The Kier molecular flexibility index (Phi) is 4.60. The molecule has 28 heavy (non-hydrogen) atoms. The summed E-state index contributed by atoms with van der Waals surface area (Å²) in [6.07, 6.45) is 0. The topological polar surface area (TPSA) is 69.4 Å². The number of amidine groups is 1. The van der Waals surface area contributed by atoms with Gasteiger partial charge in [-0.05, 0) is 55.5 Å². The molecule has 0 spiro atoms. The van der Waals surface area contributed by atoms with Gasteiger partial charge in [0.25, 0.3) is 0 Å². The molecule has 0 bridgehead atoms. The maximum atomic E-state index is 13.2. The van der Waals surface area contributed by atoms with Crippen LogP contribution in [0.15, 0.2) is 59.7 Å². The Morgan fingerprint density at radius 1 is 1.14 bits per heavy atom. The second-order valence-electron chi connectivity index (χ2n) is 6.40. The van der Waals surface area contributed by atoms with Gasteiger partial charge in [0.15, 0.2) is 0 Å². The summed E-state index contributed by atoms with van der Waals surface area (Å²) in [5.74, 6) is 0.723. The molecular formula is C21H18FN3O2S. The summed E-state index contributed by atoms with van der Waals surface area (Å²) >= 11 is 1.35. The number of aliphatic hydroxyl groups excluding tert-OH is 1. The first-order chi connectivity index (χ1) is 13.5. The van der Waals surface area contributed by atoms with Crippen LogP contribution in [-0.4, -0.2) is 29.1 Å². The fourth-order valence-electron chi connectivity index (χ4n) is 3.21. The third kappa shape index (κ3) is 3.03. The van der Waals surface area contributed by atoms with Gasteiger partial charge in [0, 0.05) is 16.6 Å². The van der Waals surface area contributed by atoms with Gasteiger partial charge in [0.2, 0.25) is 0 Å². The number of aliphatic hydroxyl groups is 1. The molecule has 0 unspecified atom stereocenters. The molecule has 1 atom stereocenters. The fourth-order valence-corrected chi connectivity index (χ4v) is 4.10. The van der Waals surface area contributed by atoms with Gasteiger partial charge in [-0.3, -0.25) is 5.41 Å². The van der Waals surface area contributed by atoms with Crippen molar-refractivity contribution < 1.29 is 14.2 Å². The summed E-state index contributed by atoms with van der Waals surface area (Å²) in [5.41, 5.74) is 2.68. The molecule has 142 valence electrons. The van der Waals surface area contributed by atoms with Crippen LogP contribution in [0.1, 0.15) is 11.9 Å². The van der Waals surface area contributed by atoms with E-state index in [9.17, 15) is 9.50 Å². The van der Waals surface area contributed by atoms with E-state index in [0.717, 1.165) is 17.0 Å². The van der Waals surface area contributed by atoms with Crippen molar-refractivity contribution >= 4 is 28.4 Å². The van der Waals surface area contributed by atoms with Crippen molar-refractivity contribution in [2.24, 2.45) is 0 Å². The second-order valence-corrected chi connectivity index (χ2v) is 7.26. The number of anilines is 1. The molecule has 1 aliphatic heterocycles. The van der Waals surface area contributed by atoms with Crippen LogP contribution < -0.4 is 9.64 Å². The number of halogens is 1. The van der Waals surface area contributed by atoms with Crippen LogP contribution in [-0.2, 0) is 0 Å². The molecule has 2 N–H and O–H groups in total. The lowest BCUT2D eigenvalue weighted by atomic mass is 10.1. The largest absolute Gasteiger partial charge is 0.509 e. The van der Waals surface area contributed by atoms with Crippen LogP contribution in [0.25, 0.3) is 16.8 Å². The van der Waals surface area contributed by atoms with Crippen molar-refractivity contribution in [1.29, 1.82) is 5.41 Å². The summed E-state index contributed by atoms with van der Waals surface area (Å²) in [4.78, 5) is 6.33. The van der Waals surface area contributed by atoms with Crippen LogP contribution in [0.2, 0.25) is 0 Å². The van der Waals surface area contributed by atoms with Crippen molar-refractivity contribution in [1.82, 2.24) is 4.98 Å². The molecule has 0 aliphatic carbocycles. The number of rotatable bonds is 4. The van der Waals surface area contributed by atoms with Crippen molar-refractivity contribution in [2.45, 2.75) is 13.0 Å². The van der Waals surface area contributed by atoms with Crippen LogP contribution in [0.3, 0.4) is 0 Å². The zero-order chi connectivity index (χ0) is 19.8. The lowest BCUT2D eigenvalue weighted by Gasteiger charge is -2.24. The number of methoxy groups -OCH3 is 1. The normalized spacial score (nSPS) is 16.8. The Morgan fingerprint density at radius 2 is 1.82 bits per heavy atom. The predicted molar refractivity (Wildman–Crippen MR) is 110 cm³/mol. The molecule has 4 rings (SSSR count). The third-order valence-corrected chi connectivity index (χ3v) is 5.59. The maximum Gasteiger partial charge on any atom is 0.139 e. The van der Waals surface area contributed by atoms with Gasteiger partial charge in [-0.25, -0.2) is 9.37 Å². The van der Waals surface area contributed by atoms with E-state index in [0.29, 0.717) is 16.3 Å². The highest BCUT2D eigenvalue weighted by Gasteiger charge is 2.37. The molecule has 7 heteroatoms. The Balaban J connectivity index is 1.66. The average molecular weight is 395 g/mol. The number of thiazole rings is 1. The Bertz CT molecular complexity index is 1060. The third-order valence-electron chi connectivity index (χ3n) is 4.73. The van der Waals surface area contributed by atoms with Crippen LogP contribution >= 0.6 is 11.3 Å². The minimum atomic E-state index is -0.380. The summed E-state index contributed by atoms with van der Waals surface area (Å²) in [7, 11) is 1.60. The highest BCUT2D eigenvalue weighted by atomic mass is 32.1. The van der Waals surface area contributed by atoms with E-state index in [2.05, 4.69) is 4.98 Å². The second kappa shape index (κ2) is 7.09. The van der Waals surface area contributed by atoms with Gasteiger partial charge < -0.3 is 14.7 Å². The van der Waals surface area contributed by atoms with Crippen LogP contribution in [0.4, 0.5) is 10.1 Å². The standard InChI is InChI=1S/C21H18FN3O2S/c1-12-19(26)18(20(23)25(12)15-7-9-16(27-2)10-8-15)21-24-17(11-28-21)13-3-5-14(22)6-4-13/h3-12,23,26H,1-2H3/t12-/m1/s1. The number of ether oxygens (including phenoxy) is 1. The molecule has 1 aromatic heterocycles. The molecule has 3 aromatic rings. The van der Waals surface area contributed by atoms with Crippen molar-refractivity contribution in [3.05, 3.63) is 70.5 Å². The number of hydrogen-bond donors (Lipinski definition) is 2. The van der Waals surface area contributed by atoms with Crippen molar-refractivity contribution in [3.8, 4) is 17.0 Å². The smallest absolute Gasteiger partial charge is 0.139 e. The van der Waals surface area contributed by atoms with E-state index >= 15 is 0 Å². The predicted octanol–water partition coefficient (Wildman–Crippen LogP) is 5.11. The molecule has 0 amide bonds. The number of benzene rings is 2. The summed E-state index contributed by atoms with van der Waals surface area (Å²) < 4.78 is 18.3. The van der Waals surface area contributed by atoms with Gasteiger partial charge in [0.1, 0.15) is 28.2 Å². The van der Waals surface area contributed by atoms with E-state index in [1.54, 1.807) is 24.1 Å². The molecule has 0 saturated carbocycles. The summed E-state index contributed by atoms with van der Waals surface area (Å²) in [6.45, 7) is 1.84. The first-order valence-electron chi connectivity index (χ1n) is 8.66. The van der Waals surface area contributed by atoms with E-state index < -0.39 is 0 Å². The zero-order valence-corrected chi connectivity index (χ0v) is 16.1. The minimum absolute atomic E-state index is 0.112. The number of nitrogens with one attached hydrogen (secondary N) is 1. The Labute approximate surface area is 165 Å². The van der Waals surface area contributed by atoms with Crippen LogP contribution in [0.5, 0.6) is 5.75 Å². The van der Waals surface area contributed by atoms with E-state index in [-0.39, 0.29) is 23.5 Å². The fraction of sp³-hybridized carbons (Fsp3) is 0.143. The molecule has 1 aliphatic rings. The number of aromatic nitrogens is 1. The zero-order valence-electron chi connectivity index (χ0n) is 15.3. The molecule has 5 nitrogen and oxygen atoms in total. The van der Waals surface area contributed by atoms with Gasteiger partial charge in [-0.2, -0.15) is 0 Å². The molecule has 2 aromatic carbocycles. The quantitative estimate of drug-likeness (QED) is 0.644. The minimum Gasteiger partial charge on any atom is -0.509 e. The van der Waals surface area contributed by atoms with E-state index in [1.165, 1.54) is 23.5 Å². The monoisotopic (exact) mass is 395 g/mol. The Hall–Kier alpha value is -3.19. The van der Waals surface area contributed by atoms with E-state index in [1.807, 2.05) is 36.6 Å². The first-order valence-corrected chi connectivity index (χ1v) is 9.54. The maximum absolute atomic E-state index is 13.2. The van der Waals surface area contributed by atoms with Gasteiger partial charge in [-0.1, -0.05) is 0 Å². The molecule has 0 saturated heterocycles. The molecule has 2 heterocycles. The lowest BCUT2D eigenvalue weighted by Crippen LogP contribution is -2.33. The van der Waals surface area contributed by atoms with Crippen molar-refractivity contribution in [2.75, 3.05) is 12.0 Å². The first kappa shape index (κ1) is 18.2. The van der Waals surface area contributed by atoms with Gasteiger partial charge >= 0.3 is 0 Å². The Morgan fingerprint density at radius 3 is 2.46 bits per heavy atom. The lowest BCUT2D eigenvalue weighted by molar-refractivity contribution is 0.384. The summed E-state index contributed by atoms with van der Waals surface area (Å²) in [6, 6.07) is 13.1. The van der Waals surface area contributed by atoms with Gasteiger partial charge in [-0.15, -0.1) is 11.3 Å². The SMILES string of the molecule is COc1ccc(N2C(=N)C(c3nc(-c4ccc(F)cc4)cs3)=C(O)[C@H]2C)cc1. The summed E-state index contributed by atoms with van der Waals surface area (Å²) in [5, 5.41) is 21.8. The van der Waals surface area contributed by atoms with Gasteiger partial charge in [0.05, 0.1) is 24.4 Å². The van der Waals surface area contributed by atoms with Crippen LogP contribution in [0, 0.1) is 11.2 Å². The molecule has 0 fully saturated rings. The molecule has 0 radical (unpaired) electrons. The molecular weight excluding hydrogens is 377 g/mol. The van der Waals surface area contributed by atoms with Crippen molar-refractivity contribution in [3.63, 3.8) is 0 Å². The number of nitrogens with zero attached hydrogens (tertiary/aromatic N) is 2. The number of hydrogen-bond acceptors (Lipinski definition) is 5.